The number of nitrogens with zero attached hydrogens (tertiary/aromatic N) is 3. The Morgan fingerprint density at radius 2 is 2.04 bits per heavy atom. The number of methoxy groups -OCH3 is 1. The van der Waals surface area contributed by atoms with Crippen LogP contribution in [0, 0.1) is 17.0 Å². The molecule has 2 heterocycles. The molecule has 1 aliphatic heterocycles. The van der Waals surface area contributed by atoms with Crippen molar-refractivity contribution in [3.8, 4) is 5.75 Å². The average molecular weight is 327 g/mol. The summed E-state index contributed by atoms with van der Waals surface area (Å²) in [5.74, 6) is 2.08. The van der Waals surface area contributed by atoms with Crippen molar-refractivity contribution in [1.82, 2.24) is 4.98 Å². The lowest BCUT2D eigenvalue weighted by atomic mass is 9.97. The third kappa shape index (κ3) is 3.04. The molecule has 1 aliphatic rings. The second-order valence-electron chi connectivity index (χ2n) is 6.29. The first kappa shape index (κ1) is 16.2. The molecule has 2 unspecified atom stereocenters. The minimum Gasteiger partial charge on any atom is -0.497 e. The Kier molecular flexibility index (Phi) is 4.38. The molecule has 0 N–H and O–H groups in total. The summed E-state index contributed by atoms with van der Waals surface area (Å²) in [6.07, 6.45) is 2.39. The zero-order chi connectivity index (χ0) is 17.3. The van der Waals surface area contributed by atoms with Gasteiger partial charge in [0.2, 0.25) is 0 Å². The molecule has 6 nitrogen and oxygen atoms in total. The number of hydrogen-bond donors (Lipinski definition) is 0. The maximum Gasteiger partial charge on any atom is 0.290 e. The van der Waals surface area contributed by atoms with Crippen LogP contribution in [-0.2, 0) is 0 Å². The quantitative estimate of drug-likeness (QED) is 0.633. The molecule has 0 bridgehead atoms. The number of pyridine rings is 1. The van der Waals surface area contributed by atoms with Gasteiger partial charge in [-0.25, -0.2) is 4.98 Å². The van der Waals surface area contributed by atoms with E-state index in [1.165, 1.54) is 11.8 Å². The molecule has 0 radical (unpaired) electrons. The number of ether oxygens (including phenoxy) is 1. The first-order valence-corrected chi connectivity index (χ1v) is 8.01. The van der Waals surface area contributed by atoms with Gasteiger partial charge >= 0.3 is 0 Å². The van der Waals surface area contributed by atoms with E-state index in [0.29, 0.717) is 17.5 Å². The van der Waals surface area contributed by atoms with Crippen molar-refractivity contribution in [2.24, 2.45) is 0 Å². The lowest BCUT2D eigenvalue weighted by Gasteiger charge is -2.22. The summed E-state index contributed by atoms with van der Waals surface area (Å²) in [5, 5.41) is 10.9. The molecule has 1 fully saturated rings. The van der Waals surface area contributed by atoms with E-state index < -0.39 is 0 Å². The summed E-state index contributed by atoms with van der Waals surface area (Å²) in [7, 11) is 1.66. The first-order valence-electron chi connectivity index (χ1n) is 8.01. The smallest absolute Gasteiger partial charge is 0.290 e. The van der Waals surface area contributed by atoms with Crippen LogP contribution in [0.25, 0.3) is 0 Å². The number of anilines is 1. The van der Waals surface area contributed by atoms with E-state index in [1.54, 1.807) is 14.0 Å². The third-order valence-corrected chi connectivity index (χ3v) is 4.72. The molecule has 24 heavy (non-hydrogen) atoms. The highest BCUT2D eigenvalue weighted by Gasteiger charge is 2.31. The van der Waals surface area contributed by atoms with Gasteiger partial charge in [0.25, 0.3) is 5.69 Å². The fourth-order valence-corrected chi connectivity index (χ4v) is 3.35. The van der Waals surface area contributed by atoms with Gasteiger partial charge in [0.1, 0.15) is 17.8 Å². The molecule has 0 saturated carbocycles. The highest BCUT2D eigenvalue weighted by atomic mass is 16.6. The minimum absolute atomic E-state index is 0.0669. The predicted molar refractivity (Wildman–Crippen MR) is 92.8 cm³/mol. The lowest BCUT2D eigenvalue weighted by molar-refractivity contribution is -0.385. The number of nitro groups is 1. The van der Waals surface area contributed by atoms with Crippen molar-refractivity contribution < 1.29 is 9.66 Å². The molecule has 6 heteroatoms. The van der Waals surface area contributed by atoms with Crippen LogP contribution in [0.4, 0.5) is 11.5 Å². The van der Waals surface area contributed by atoms with Gasteiger partial charge in [-0.05, 0) is 44.0 Å². The van der Waals surface area contributed by atoms with Crippen molar-refractivity contribution in [2.45, 2.75) is 32.2 Å². The van der Waals surface area contributed by atoms with Gasteiger partial charge in [-0.1, -0.05) is 12.1 Å². The van der Waals surface area contributed by atoms with Crippen LogP contribution >= 0.6 is 0 Å². The molecule has 0 aliphatic carbocycles. The van der Waals surface area contributed by atoms with Crippen LogP contribution in [0.1, 0.15) is 30.4 Å². The number of aryl methyl sites for hydroxylation is 1. The van der Waals surface area contributed by atoms with E-state index in [1.807, 2.05) is 18.2 Å². The molecule has 1 saturated heterocycles. The number of benzene rings is 1. The number of hydrogen-bond acceptors (Lipinski definition) is 5. The van der Waals surface area contributed by atoms with E-state index >= 15 is 0 Å². The van der Waals surface area contributed by atoms with Gasteiger partial charge < -0.3 is 9.64 Å². The van der Waals surface area contributed by atoms with Crippen LogP contribution < -0.4 is 9.64 Å². The maximum atomic E-state index is 10.9. The fraction of sp³-hybridized carbons (Fsp3) is 0.389. The van der Waals surface area contributed by atoms with Gasteiger partial charge in [-0.3, -0.25) is 10.1 Å². The molecule has 126 valence electrons. The van der Waals surface area contributed by atoms with Crippen molar-refractivity contribution >= 4 is 11.5 Å². The van der Waals surface area contributed by atoms with Gasteiger partial charge in [-0.2, -0.15) is 0 Å². The summed E-state index contributed by atoms with van der Waals surface area (Å²) in [6, 6.07) is 10.3. The summed E-state index contributed by atoms with van der Waals surface area (Å²) >= 11 is 0. The first-order chi connectivity index (χ1) is 11.5. The molecular weight excluding hydrogens is 306 g/mol. The van der Waals surface area contributed by atoms with Crippen LogP contribution in [-0.4, -0.2) is 29.6 Å². The van der Waals surface area contributed by atoms with Crippen molar-refractivity contribution in [2.75, 3.05) is 18.6 Å². The van der Waals surface area contributed by atoms with E-state index in [0.717, 1.165) is 24.5 Å². The summed E-state index contributed by atoms with van der Waals surface area (Å²) < 4.78 is 5.21. The number of aromatic nitrogens is 1. The molecular formula is C18H21N3O3. The summed E-state index contributed by atoms with van der Waals surface area (Å²) in [5.41, 5.74) is 1.99. The van der Waals surface area contributed by atoms with Crippen LogP contribution in [0.3, 0.4) is 0 Å². The van der Waals surface area contributed by atoms with Gasteiger partial charge in [0.15, 0.2) is 0 Å². The number of rotatable bonds is 4. The molecule has 1 aromatic heterocycles. The monoisotopic (exact) mass is 327 g/mol. The Morgan fingerprint density at radius 1 is 1.33 bits per heavy atom. The van der Waals surface area contributed by atoms with Crippen LogP contribution in [0.15, 0.2) is 36.5 Å². The molecule has 2 atom stereocenters. The topological polar surface area (TPSA) is 68.5 Å². The fourth-order valence-electron chi connectivity index (χ4n) is 3.35. The minimum atomic E-state index is -0.389. The normalized spacial score (nSPS) is 20.2. The van der Waals surface area contributed by atoms with E-state index in [4.69, 9.17) is 4.74 Å². The second-order valence-corrected chi connectivity index (χ2v) is 6.29. The van der Waals surface area contributed by atoms with E-state index in [9.17, 15) is 10.1 Å². The average Bonchev–Trinajstić information content (AvgIpc) is 2.96. The highest BCUT2D eigenvalue weighted by Crippen LogP contribution is 2.35. The third-order valence-electron chi connectivity index (χ3n) is 4.72. The van der Waals surface area contributed by atoms with E-state index in [2.05, 4.69) is 28.9 Å². The van der Waals surface area contributed by atoms with Crippen LogP contribution in [0.2, 0.25) is 0 Å². The summed E-state index contributed by atoms with van der Waals surface area (Å²) in [4.78, 5) is 17.1. The Bertz CT molecular complexity index is 746. The van der Waals surface area contributed by atoms with Crippen molar-refractivity contribution in [3.63, 3.8) is 0 Å². The maximum absolute atomic E-state index is 10.9. The van der Waals surface area contributed by atoms with Crippen LogP contribution in [0.5, 0.6) is 5.75 Å². The Labute approximate surface area is 141 Å². The molecule has 3 rings (SSSR count). The van der Waals surface area contributed by atoms with E-state index in [-0.39, 0.29) is 10.6 Å². The standard InChI is InChI=1S/C18H21N3O3/c1-12-8-18(19-10-17(12)21(22)23)20-11-15(9-13(20)2)14-4-6-16(24-3)7-5-14/h4-8,10,13,15H,9,11H2,1-3H3. The highest BCUT2D eigenvalue weighted by molar-refractivity contribution is 5.50. The predicted octanol–water partition coefficient (Wildman–Crippen LogP) is 3.69. The van der Waals surface area contributed by atoms with Crippen molar-refractivity contribution in [3.05, 3.63) is 57.8 Å². The molecule has 0 spiro atoms. The Morgan fingerprint density at radius 3 is 2.62 bits per heavy atom. The van der Waals surface area contributed by atoms with Gasteiger partial charge in [-0.15, -0.1) is 0 Å². The largest absolute Gasteiger partial charge is 0.497 e. The second kappa shape index (κ2) is 6.47. The van der Waals surface area contributed by atoms with Gasteiger partial charge in [0, 0.05) is 24.1 Å². The van der Waals surface area contributed by atoms with Gasteiger partial charge in [0.05, 0.1) is 12.0 Å². The summed E-state index contributed by atoms with van der Waals surface area (Å²) in [6.45, 7) is 4.78. The van der Waals surface area contributed by atoms with Crippen molar-refractivity contribution in [1.29, 1.82) is 0 Å². The molecule has 2 aromatic rings. The SMILES string of the molecule is COc1ccc(C2CC(C)N(c3cc(C)c([N+](=O)[O-])cn3)C2)cc1. The Balaban J connectivity index is 1.80. The lowest BCUT2D eigenvalue weighted by Crippen LogP contribution is -2.27. The molecule has 0 amide bonds. The zero-order valence-electron chi connectivity index (χ0n) is 14.1. The Hall–Kier alpha value is -2.63. The zero-order valence-corrected chi connectivity index (χ0v) is 14.1. The molecule has 1 aromatic carbocycles.